The highest BCUT2D eigenvalue weighted by atomic mass is 16.6. The van der Waals surface area contributed by atoms with Gasteiger partial charge in [-0.15, -0.1) is 0 Å². The molecule has 2 atom stereocenters. The van der Waals surface area contributed by atoms with Crippen molar-refractivity contribution in [3.63, 3.8) is 0 Å². The number of hydrogen-bond acceptors (Lipinski definition) is 5. The molecule has 2 amide bonds. The molecule has 2 unspecified atom stereocenters. The van der Waals surface area contributed by atoms with Gasteiger partial charge in [-0.1, -0.05) is 86.6 Å². The summed E-state index contributed by atoms with van der Waals surface area (Å²) in [6.45, 7) is 9.76. The standard InChI is InChI=1S/C37H42N2O5/c1-25(2)21-32(38-34(40)30-18-17-28-13-9-10-14-29(28)23-30)35(41)39-33(36(42)44-37(3,4)5)22-26-15-19-31(20-16-26)43-24-27-11-7-6-8-12-27/h6-20,23,25,32-33H,21-22,24H2,1-5H3,(H,38,40)(H,39,41). The van der Waals surface area contributed by atoms with Crippen LogP contribution in [-0.4, -0.2) is 35.5 Å². The second-order valence-electron chi connectivity index (χ2n) is 12.4. The van der Waals surface area contributed by atoms with E-state index in [9.17, 15) is 14.4 Å². The molecule has 4 rings (SSSR count). The number of carbonyl (C=O) groups excluding carboxylic acids is 3. The van der Waals surface area contributed by atoms with Gasteiger partial charge in [0.25, 0.3) is 5.91 Å². The Hall–Kier alpha value is -4.65. The molecule has 2 N–H and O–H groups in total. The molecular weight excluding hydrogens is 552 g/mol. The van der Waals surface area contributed by atoms with Gasteiger partial charge in [0.1, 0.15) is 30.0 Å². The maximum absolute atomic E-state index is 13.6. The number of nitrogens with one attached hydrogen (secondary N) is 2. The Kier molecular flexibility index (Phi) is 10.8. The summed E-state index contributed by atoms with van der Waals surface area (Å²) in [5.74, 6) is -0.516. The first-order valence-electron chi connectivity index (χ1n) is 15.1. The number of esters is 1. The molecule has 0 heterocycles. The van der Waals surface area contributed by atoms with Gasteiger partial charge in [-0.2, -0.15) is 0 Å². The first kappa shape index (κ1) is 32.3. The zero-order chi connectivity index (χ0) is 31.7. The van der Waals surface area contributed by atoms with Gasteiger partial charge in [0.15, 0.2) is 0 Å². The van der Waals surface area contributed by atoms with Crippen LogP contribution in [0.25, 0.3) is 10.8 Å². The lowest BCUT2D eigenvalue weighted by Gasteiger charge is -2.27. The Morgan fingerprint density at radius 1 is 0.727 bits per heavy atom. The Morgan fingerprint density at radius 3 is 2.05 bits per heavy atom. The minimum Gasteiger partial charge on any atom is -0.489 e. The summed E-state index contributed by atoms with van der Waals surface area (Å²) < 4.78 is 11.6. The fourth-order valence-electron chi connectivity index (χ4n) is 4.81. The predicted molar refractivity (Wildman–Crippen MR) is 173 cm³/mol. The van der Waals surface area contributed by atoms with Crippen molar-refractivity contribution in [1.82, 2.24) is 10.6 Å². The van der Waals surface area contributed by atoms with Crippen molar-refractivity contribution in [3.8, 4) is 5.75 Å². The third-order valence-corrected chi connectivity index (χ3v) is 6.96. The van der Waals surface area contributed by atoms with Gasteiger partial charge in [0, 0.05) is 12.0 Å². The summed E-state index contributed by atoms with van der Waals surface area (Å²) in [6.07, 6.45) is 0.617. The Balaban J connectivity index is 1.47. The number of rotatable bonds is 12. The third-order valence-electron chi connectivity index (χ3n) is 6.96. The van der Waals surface area contributed by atoms with Crippen LogP contribution < -0.4 is 15.4 Å². The quantitative estimate of drug-likeness (QED) is 0.180. The lowest BCUT2D eigenvalue weighted by Crippen LogP contribution is -2.53. The van der Waals surface area contributed by atoms with Crippen molar-refractivity contribution in [3.05, 3.63) is 114 Å². The van der Waals surface area contributed by atoms with E-state index < -0.39 is 29.6 Å². The second kappa shape index (κ2) is 14.7. The summed E-state index contributed by atoms with van der Waals surface area (Å²) in [5.41, 5.74) is 1.61. The molecule has 0 saturated heterocycles. The first-order chi connectivity index (χ1) is 21.0. The minimum atomic E-state index is -0.954. The minimum absolute atomic E-state index is 0.117. The van der Waals surface area contributed by atoms with Gasteiger partial charge >= 0.3 is 5.97 Å². The number of fused-ring (bicyclic) bond motifs is 1. The molecule has 4 aromatic rings. The van der Waals surface area contributed by atoms with Crippen LogP contribution in [0, 0.1) is 5.92 Å². The van der Waals surface area contributed by atoms with Crippen LogP contribution >= 0.6 is 0 Å². The number of ether oxygens (including phenoxy) is 2. The van der Waals surface area contributed by atoms with Crippen molar-refractivity contribution < 1.29 is 23.9 Å². The first-order valence-corrected chi connectivity index (χ1v) is 15.1. The topological polar surface area (TPSA) is 93.7 Å². The normalized spacial score (nSPS) is 12.8. The molecule has 7 heteroatoms. The molecule has 44 heavy (non-hydrogen) atoms. The molecule has 230 valence electrons. The largest absolute Gasteiger partial charge is 0.489 e. The average Bonchev–Trinajstić information content (AvgIpc) is 2.99. The number of carbonyl (C=O) groups is 3. The van der Waals surface area contributed by atoms with Crippen LogP contribution in [0.3, 0.4) is 0 Å². The van der Waals surface area contributed by atoms with Crippen LogP contribution in [0.5, 0.6) is 5.75 Å². The third kappa shape index (κ3) is 9.69. The molecule has 4 aromatic carbocycles. The van der Waals surface area contributed by atoms with Gasteiger partial charge in [-0.25, -0.2) is 4.79 Å². The van der Waals surface area contributed by atoms with Crippen LogP contribution in [0.15, 0.2) is 97.1 Å². The lowest BCUT2D eigenvalue weighted by molar-refractivity contribution is -0.158. The predicted octanol–water partition coefficient (Wildman–Crippen LogP) is 6.63. The van der Waals surface area contributed by atoms with Crippen LogP contribution in [0.2, 0.25) is 0 Å². The summed E-state index contributed by atoms with van der Waals surface area (Å²) in [5, 5.41) is 7.74. The van der Waals surface area contributed by atoms with Gasteiger partial charge in [0.2, 0.25) is 5.91 Å². The van der Waals surface area contributed by atoms with Gasteiger partial charge in [-0.05, 0) is 79.3 Å². The van der Waals surface area contributed by atoms with E-state index in [4.69, 9.17) is 9.47 Å². The van der Waals surface area contributed by atoms with E-state index in [-0.39, 0.29) is 18.2 Å². The van der Waals surface area contributed by atoms with Crippen molar-refractivity contribution >= 4 is 28.6 Å². The molecule has 0 bridgehead atoms. The van der Waals surface area contributed by atoms with Crippen molar-refractivity contribution in [1.29, 1.82) is 0 Å². The van der Waals surface area contributed by atoms with Crippen LogP contribution in [0.4, 0.5) is 0 Å². The summed E-state index contributed by atoms with van der Waals surface area (Å²) in [7, 11) is 0. The fourth-order valence-corrected chi connectivity index (χ4v) is 4.81. The SMILES string of the molecule is CC(C)CC(NC(=O)c1ccc2ccccc2c1)C(=O)NC(Cc1ccc(OCc2ccccc2)cc1)C(=O)OC(C)(C)C. The molecule has 0 fully saturated rings. The molecular formula is C37H42N2O5. The van der Waals surface area contributed by atoms with E-state index in [0.717, 1.165) is 21.9 Å². The van der Waals surface area contributed by atoms with E-state index in [0.29, 0.717) is 24.3 Å². The zero-order valence-corrected chi connectivity index (χ0v) is 26.1. The molecule has 7 nitrogen and oxygen atoms in total. The van der Waals surface area contributed by atoms with E-state index >= 15 is 0 Å². The summed E-state index contributed by atoms with van der Waals surface area (Å²) >= 11 is 0. The van der Waals surface area contributed by atoms with Crippen molar-refractivity contribution in [2.45, 2.75) is 71.8 Å². The fraction of sp³-hybridized carbons (Fsp3) is 0.324. The smallest absolute Gasteiger partial charge is 0.329 e. The Morgan fingerprint density at radius 2 is 1.39 bits per heavy atom. The molecule has 0 saturated carbocycles. The van der Waals surface area contributed by atoms with Crippen LogP contribution in [0.1, 0.15) is 62.5 Å². The highest BCUT2D eigenvalue weighted by molar-refractivity contribution is 6.01. The van der Waals surface area contributed by atoms with Crippen molar-refractivity contribution in [2.24, 2.45) is 5.92 Å². The maximum atomic E-state index is 13.6. The molecule has 0 spiro atoms. The van der Waals surface area contributed by atoms with E-state index in [1.165, 1.54) is 0 Å². The molecule has 0 radical (unpaired) electrons. The zero-order valence-electron chi connectivity index (χ0n) is 26.1. The second-order valence-corrected chi connectivity index (χ2v) is 12.4. The number of amides is 2. The van der Waals surface area contributed by atoms with Crippen molar-refractivity contribution in [2.75, 3.05) is 0 Å². The van der Waals surface area contributed by atoms with Gasteiger partial charge < -0.3 is 20.1 Å². The highest BCUT2D eigenvalue weighted by Gasteiger charge is 2.31. The van der Waals surface area contributed by atoms with Gasteiger partial charge in [0.05, 0.1) is 0 Å². The number of hydrogen-bond donors (Lipinski definition) is 2. The van der Waals surface area contributed by atoms with E-state index in [1.54, 1.807) is 26.8 Å². The summed E-state index contributed by atoms with van der Waals surface area (Å²) in [4.78, 5) is 40.2. The highest BCUT2D eigenvalue weighted by Crippen LogP contribution is 2.19. The Bertz CT molecular complexity index is 1560. The molecule has 0 aliphatic heterocycles. The summed E-state index contributed by atoms with van der Waals surface area (Å²) in [6, 6.07) is 28.8. The average molecular weight is 595 g/mol. The lowest BCUT2D eigenvalue weighted by atomic mass is 10.0. The molecule has 0 aromatic heterocycles. The van der Waals surface area contributed by atoms with E-state index in [2.05, 4.69) is 10.6 Å². The monoisotopic (exact) mass is 594 g/mol. The number of benzene rings is 4. The van der Waals surface area contributed by atoms with Crippen LogP contribution in [-0.2, 0) is 27.4 Å². The molecule has 0 aliphatic carbocycles. The van der Waals surface area contributed by atoms with E-state index in [1.807, 2.05) is 105 Å². The molecule has 0 aliphatic rings. The van der Waals surface area contributed by atoms with Gasteiger partial charge in [-0.3, -0.25) is 9.59 Å². The maximum Gasteiger partial charge on any atom is 0.329 e. The Labute approximate surface area is 260 Å².